The Morgan fingerprint density at radius 3 is 1.89 bits per heavy atom. The van der Waals surface area contributed by atoms with Crippen molar-refractivity contribution in [2.24, 2.45) is 11.8 Å². The summed E-state index contributed by atoms with van der Waals surface area (Å²) in [5.74, 6) is 1.20. The van der Waals surface area contributed by atoms with Gasteiger partial charge in [0.05, 0.1) is 0 Å². The first kappa shape index (κ1) is 12.4. The van der Waals surface area contributed by atoms with Crippen molar-refractivity contribution < 1.29 is 7.96 Å². The van der Waals surface area contributed by atoms with Gasteiger partial charge in [-0.3, -0.25) is 0 Å². The molecule has 0 fully saturated rings. The van der Waals surface area contributed by atoms with Crippen LogP contribution in [0.25, 0.3) is 0 Å². The van der Waals surface area contributed by atoms with Crippen LogP contribution in [-0.2, 0) is 0 Å². The Morgan fingerprint density at radius 2 is 1.78 bits per heavy atom. The van der Waals surface area contributed by atoms with Gasteiger partial charge in [-0.15, -0.1) is 0 Å². The second kappa shape index (κ2) is 6.84. The molecule has 0 saturated carbocycles. The quantitative estimate of drug-likeness (QED) is 0.593. The minimum Gasteiger partial charge on any atom is -1.00 e. The fraction of sp³-hybridized carbons (Fsp3) is 1.00. The molecule has 0 amide bonds. The zero-order chi connectivity index (χ0) is 6.57. The zero-order valence-corrected chi connectivity index (χ0v) is 8.14. The molecule has 0 heterocycles. The number of rotatable bonds is 3. The number of aliphatic hydroxyl groups excluding tert-OH is 1. The molecule has 1 atom stereocenters. The average Bonchev–Trinajstić information content (AvgIpc) is 1.65. The number of hydrogen-bond donors (Lipinski definition) is 1. The van der Waals surface area contributed by atoms with Gasteiger partial charge in [0, 0.05) is 6.61 Å². The summed E-state index contributed by atoms with van der Waals surface area (Å²) in [6.45, 7) is 6.75. The summed E-state index contributed by atoms with van der Waals surface area (Å²) in [4.78, 5) is 0. The van der Waals surface area contributed by atoms with Crippen molar-refractivity contribution in [3.05, 3.63) is 0 Å². The molecule has 1 nitrogen and oxygen atoms in total. The fourth-order valence-electron chi connectivity index (χ4n) is 0.879. The van der Waals surface area contributed by atoms with Gasteiger partial charge in [0.15, 0.2) is 0 Å². The second-order valence-corrected chi connectivity index (χ2v) is 2.92. The van der Waals surface area contributed by atoms with Gasteiger partial charge in [0.1, 0.15) is 0 Å². The van der Waals surface area contributed by atoms with Crippen LogP contribution in [0, 0.1) is 11.8 Å². The van der Waals surface area contributed by atoms with E-state index in [0.29, 0.717) is 12.5 Å². The van der Waals surface area contributed by atoms with Crippen molar-refractivity contribution in [3.63, 3.8) is 0 Å². The van der Waals surface area contributed by atoms with Crippen LogP contribution >= 0.6 is 0 Å². The predicted molar refractivity (Wildman–Crippen MR) is 43.7 cm³/mol. The van der Waals surface area contributed by atoms with Gasteiger partial charge in [-0.1, -0.05) is 20.8 Å². The summed E-state index contributed by atoms with van der Waals surface area (Å²) < 4.78 is 0. The third-order valence-electron chi connectivity index (χ3n) is 1.19. The first-order chi connectivity index (χ1) is 3.66. The molecule has 0 bridgehead atoms. The van der Waals surface area contributed by atoms with E-state index in [9.17, 15) is 0 Å². The van der Waals surface area contributed by atoms with E-state index in [-0.39, 0.29) is 25.9 Å². The molecular formula is C7H18MgO. The average molecular weight is 143 g/mol. The molecule has 9 heavy (non-hydrogen) atoms. The largest absolute Gasteiger partial charge is 2.00 e. The summed E-state index contributed by atoms with van der Waals surface area (Å²) in [5, 5.41) is 8.58. The van der Waals surface area contributed by atoms with E-state index < -0.39 is 0 Å². The van der Waals surface area contributed by atoms with Crippen LogP contribution in [0.3, 0.4) is 0 Å². The van der Waals surface area contributed by atoms with Crippen molar-refractivity contribution in [1.29, 1.82) is 0 Å². The normalized spacial score (nSPS) is 13.0. The molecule has 0 aliphatic rings. The monoisotopic (exact) mass is 142 g/mol. The smallest absolute Gasteiger partial charge is 1.00 e. The van der Waals surface area contributed by atoms with Crippen molar-refractivity contribution in [1.82, 2.24) is 0 Å². The van der Waals surface area contributed by atoms with Crippen molar-refractivity contribution in [3.8, 4) is 0 Å². The van der Waals surface area contributed by atoms with Crippen LogP contribution in [-0.4, -0.2) is 34.8 Å². The Bertz CT molecular complexity index is 62.4. The van der Waals surface area contributed by atoms with Crippen molar-refractivity contribution in [2.45, 2.75) is 27.2 Å². The number of hydrogen-bond acceptors (Lipinski definition) is 1. The maximum Gasteiger partial charge on any atom is 2.00 e. The van der Waals surface area contributed by atoms with E-state index in [1.165, 1.54) is 0 Å². The van der Waals surface area contributed by atoms with Gasteiger partial charge in [0.25, 0.3) is 0 Å². The fourth-order valence-corrected chi connectivity index (χ4v) is 0.879. The zero-order valence-electron chi connectivity index (χ0n) is 8.72. The maximum atomic E-state index is 8.58. The van der Waals surface area contributed by atoms with Gasteiger partial charge in [0.2, 0.25) is 0 Å². The van der Waals surface area contributed by atoms with Gasteiger partial charge < -0.3 is 7.96 Å². The van der Waals surface area contributed by atoms with Gasteiger partial charge in [-0.05, 0) is 18.3 Å². The van der Waals surface area contributed by atoms with E-state index in [0.717, 1.165) is 12.3 Å². The molecule has 0 aliphatic heterocycles. The third-order valence-corrected chi connectivity index (χ3v) is 1.19. The Balaban J connectivity index is -0.0000000817. The maximum absolute atomic E-state index is 8.58. The molecule has 54 valence electrons. The van der Waals surface area contributed by atoms with Crippen LogP contribution in [0.4, 0.5) is 0 Å². The number of aliphatic hydroxyl groups is 1. The summed E-state index contributed by atoms with van der Waals surface area (Å²) in [6.07, 6.45) is 1.14. The molecular weight excluding hydrogens is 124 g/mol. The predicted octanol–water partition coefficient (Wildman–Crippen LogP) is 1.51. The van der Waals surface area contributed by atoms with Gasteiger partial charge in [-0.2, -0.15) is 0 Å². The molecule has 0 radical (unpaired) electrons. The van der Waals surface area contributed by atoms with E-state index in [1.807, 2.05) is 0 Å². The Morgan fingerprint density at radius 1 is 1.33 bits per heavy atom. The van der Waals surface area contributed by atoms with E-state index in [2.05, 4.69) is 20.8 Å². The third kappa shape index (κ3) is 8.73. The molecule has 1 N–H and O–H groups in total. The topological polar surface area (TPSA) is 20.2 Å². The van der Waals surface area contributed by atoms with E-state index >= 15 is 0 Å². The molecule has 2 heteroatoms. The van der Waals surface area contributed by atoms with E-state index in [4.69, 9.17) is 5.11 Å². The first-order valence-corrected chi connectivity index (χ1v) is 3.27. The molecule has 0 aromatic carbocycles. The van der Waals surface area contributed by atoms with E-state index in [1.54, 1.807) is 0 Å². The molecule has 1 unspecified atom stereocenters. The minimum absolute atomic E-state index is 0. The summed E-state index contributed by atoms with van der Waals surface area (Å²) in [7, 11) is 0. The molecule has 0 aliphatic carbocycles. The van der Waals surface area contributed by atoms with Gasteiger partial charge in [-0.25, -0.2) is 0 Å². The summed E-state index contributed by atoms with van der Waals surface area (Å²) >= 11 is 0. The molecule has 0 rings (SSSR count). The molecule has 0 saturated heterocycles. The second-order valence-electron chi connectivity index (χ2n) is 2.92. The van der Waals surface area contributed by atoms with Crippen LogP contribution in [0.5, 0.6) is 0 Å². The van der Waals surface area contributed by atoms with Gasteiger partial charge >= 0.3 is 23.1 Å². The summed E-state index contributed by atoms with van der Waals surface area (Å²) in [5.41, 5.74) is 0. The SMILES string of the molecule is CC(C)CC(C)CO.[H-].[H-].[Mg+2]. The minimum atomic E-state index is 0. The van der Waals surface area contributed by atoms with Crippen molar-refractivity contribution >= 4 is 23.1 Å². The standard InChI is InChI=1S/C7H16O.Mg.2H/c1-6(2)4-7(3)5-8;;;/h6-8H,4-5H2,1-3H3;;;/q;+2;2*-1. The van der Waals surface area contributed by atoms with Crippen LogP contribution in [0.15, 0.2) is 0 Å². The summed E-state index contributed by atoms with van der Waals surface area (Å²) in [6, 6.07) is 0. The van der Waals surface area contributed by atoms with Crippen LogP contribution < -0.4 is 0 Å². The van der Waals surface area contributed by atoms with Crippen LogP contribution in [0.1, 0.15) is 30.0 Å². The Labute approximate surface area is 77.0 Å². The van der Waals surface area contributed by atoms with Crippen LogP contribution in [0.2, 0.25) is 0 Å². The Kier molecular flexibility index (Phi) is 9.43. The Hall–Kier alpha value is 0.726. The first-order valence-electron chi connectivity index (χ1n) is 3.27. The molecule has 0 aromatic heterocycles. The molecule has 0 aromatic rings. The molecule has 0 spiro atoms. The van der Waals surface area contributed by atoms with Crippen molar-refractivity contribution in [2.75, 3.05) is 6.61 Å².